The molecule has 0 saturated carbocycles. The van der Waals surface area contributed by atoms with Gasteiger partial charge in [-0.1, -0.05) is 24.3 Å². The number of hydrogen-bond acceptors (Lipinski definition) is 5. The van der Waals surface area contributed by atoms with Crippen LogP contribution in [0.4, 0.5) is 13.2 Å². The van der Waals surface area contributed by atoms with Crippen LogP contribution in [0.1, 0.15) is 19.4 Å². The van der Waals surface area contributed by atoms with Crippen molar-refractivity contribution in [3.05, 3.63) is 66.0 Å². The van der Waals surface area contributed by atoms with E-state index in [-0.39, 0.29) is 0 Å². The second-order valence-corrected chi connectivity index (χ2v) is 7.03. The van der Waals surface area contributed by atoms with E-state index in [9.17, 15) is 13.2 Å². The molecule has 0 aromatic heterocycles. The zero-order chi connectivity index (χ0) is 19.4. The van der Waals surface area contributed by atoms with Crippen LogP contribution in [-0.2, 0) is 6.18 Å². The van der Waals surface area contributed by atoms with Crippen LogP contribution in [0.25, 0.3) is 11.1 Å². The van der Waals surface area contributed by atoms with Crippen LogP contribution >= 0.6 is 11.9 Å². The molecule has 0 aliphatic heterocycles. The maximum absolute atomic E-state index is 12.6. The van der Waals surface area contributed by atoms with Crippen molar-refractivity contribution in [2.24, 2.45) is 11.6 Å². The third-order valence-corrected chi connectivity index (χ3v) is 4.94. The first-order valence-corrected chi connectivity index (χ1v) is 8.60. The normalized spacial score (nSPS) is 12.9. The maximum atomic E-state index is 12.6. The highest BCUT2D eigenvalue weighted by Gasteiger charge is 2.30. The second-order valence-electron chi connectivity index (χ2n) is 6.15. The van der Waals surface area contributed by atoms with Gasteiger partial charge < -0.3 is 11.2 Å². The molecule has 140 valence electrons. The van der Waals surface area contributed by atoms with Crippen molar-refractivity contribution in [1.29, 1.82) is 0 Å². The van der Waals surface area contributed by atoms with Crippen molar-refractivity contribution >= 4 is 11.9 Å². The monoisotopic (exact) mass is 382 g/mol. The van der Waals surface area contributed by atoms with E-state index >= 15 is 0 Å². The lowest BCUT2D eigenvalue weighted by Crippen LogP contribution is -2.44. The largest absolute Gasteiger partial charge is 0.416 e. The fourth-order valence-electron chi connectivity index (χ4n) is 2.25. The van der Waals surface area contributed by atoms with Crippen LogP contribution in [0.3, 0.4) is 0 Å². The molecule has 0 aliphatic rings. The van der Waals surface area contributed by atoms with Crippen LogP contribution in [0, 0.1) is 0 Å². The zero-order valence-corrected chi connectivity index (χ0v) is 15.2. The lowest BCUT2D eigenvalue weighted by Gasteiger charge is -2.28. The molecule has 2 rings (SSSR count). The molecule has 0 heterocycles. The Labute approximate surface area is 154 Å². The molecular formula is C18H21F3N4S. The predicted octanol–water partition coefficient (Wildman–Crippen LogP) is 4.01. The van der Waals surface area contributed by atoms with Gasteiger partial charge >= 0.3 is 6.18 Å². The summed E-state index contributed by atoms with van der Waals surface area (Å²) in [7, 11) is 0. The summed E-state index contributed by atoms with van der Waals surface area (Å²) >= 11 is 1.41. The summed E-state index contributed by atoms with van der Waals surface area (Å²) in [6.45, 7) is 3.85. The summed E-state index contributed by atoms with van der Waals surface area (Å²) in [5, 5.41) is 0. The van der Waals surface area contributed by atoms with Gasteiger partial charge in [-0.05, 0) is 61.2 Å². The van der Waals surface area contributed by atoms with Crippen molar-refractivity contribution in [3.8, 4) is 11.1 Å². The smallest absolute Gasteiger partial charge is 0.403 e. The second kappa shape index (κ2) is 8.03. The van der Waals surface area contributed by atoms with Crippen LogP contribution in [0.2, 0.25) is 0 Å². The Bertz CT molecular complexity index is 754. The Morgan fingerprint density at radius 1 is 0.962 bits per heavy atom. The topological polar surface area (TPSA) is 76.1 Å². The average molecular weight is 382 g/mol. The van der Waals surface area contributed by atoms with E-state index in [4.69, 9.17) is 11.6 Å². The fraction of sp³-hybridized carbons (Fsp3) is 0.222. The Hall–Kier alpha value is -2.16. The molecule has 2 aromatic carbocycles. The highest BCUT2D eigenvalue weighted by molar-refractivity contribution is 7.97. The van der Waals surface area contributed by atoms with Gasteiger partial charge in [-0.25, -0.2) is 4.72 Å². The number of hydrazine groups is 1. The van der Waals surface area contributed by atoms with Gasteiger partial charge in [-0.2, -0.15) is 13.2 Å². The van der Waals surface area contributed by atoms with Gasteiger partial charge in [0.25, 0.3) is 0 Å². The van der Waals surface area contributed by atoms with E-state index < -0.39 is 17.3 Å². The van der Waals surface area contributed by atoms with Gasteiger partial charge in [-0.3, -0.25) is 5.84 Å². The van der Waals surface area contributed by atoms with Crippen LogP contribution in [-0.4, -0.2) is 5.54 Å². The average Bonchev–Trinajstić information content (AvgIpc) is 2.61. The highest BCUT2D eigenvalue weighted by atomic mass is 32.2. The lowest BCUT2D eigenvalue weighted by molar-refractivity contribution is -0.137. The first-order chi connectivity index (χ1) is 12.2. The summed E-state index contributed by atoms with van der Waals surface area (Å²) in [5.74, 6) is 5.44. The first-order valence-electron chi connectivity index (χ1n) is 7.78. The van der Waals surface area contributed by atoms with Crippen LogP contribution in [0.15, 0.2) is 65.3 Å². The molecule has 0 fully saturated rings. The molecule has 0 bridgehead atoms. The molecule has 4 nitrogen and oxygen atoms in total. The Balaban J connectivity index is 2.07. The summed E-state index contributed by atoms with van der Waals surface area (Å²) in [6, 6.07) is 12.6. The van der Waals surface area contributed by atoms with Gasteiger partial charge in [-0.15, -0.1) is 0 Å². The molecule has 8 heteroatoms. The number of benzene rings is 2. The van der Waals surface area contributed by atoms with E-state index in [1.165, 1.54) is 30.3 Å². The van der Waals surface area contributed by atoms with Gasteiger partial charge in [0.1, 0.15) is 0 Å². The number of rotatable bonds is 6. The molecule has 0 unspecified atom stereocenters. The Morgan fingerprint density at radius 3 is 1.88 bits per heavy atom. The summed E-state index contributed by atoms with van der Waals surface area (Å²) in [6.07, 6.45) is -2.92. The molecule has 0 saturated heterocycles. The quantitative estimate of drug-likeness (QED) is 0.345. The molecule has 0 radical (unpaired) electrons. The number of nitrogens with two attached hydrogens (primary N) is 2. The van der Waals surface area contributed by atoms with Crippen molar-refractivity contribution in [2.45, 2.75) is 30.5 Å². The van der Waals surface area contributed by atoms with Crippen molar-refractivity contribution in [2.75, 3.05) is 0 Å². The molecule has 0 aliphatic carbocycles. The van der Waals surface area contributed by atoms with E-state index in [0.717, 1.165) is 28.2 Å². The molecule has 26 heavy (non-hydrogen) atoms. The third-order valence-electron chi connectivity index (χ3n) is 3.82. The van der Waals surface area contributed by atoms with Gasteiger partial charge in [0.15, 0.2) is 0 Å². The molecule has 0 spiro atoms. The minimum Gasteiger partial charge on any atom is -0.403 e. The molecule has 0 atom stereocenters. The minimum absolute atomic E-state index is 0.472. The SMILES string of the molecule is CC(C)(NSc1ccc(-c2ccc(C(F)(F)F)cc2)cc1)/C(=C/N)NN. The van der Waals surface area contributed by atoms with E-state index in [2.05, 4.69) is 10.1 Å². The summed E-state index contributed by atoms with van der Waals surface area (Å²) < 4.78 is 41.2. The standard InChI is InChI=1S/C18H21F3N4S/c1-17(2,16(11-22)24-23)25-26-15-9-5-13(6-10-15)12-3-7-14(8-4-12)18(19,20)21/h3-11,24-25H,22-23H2,1-2H3/b16-11-. The minimum atomic E-state index is -4.33. The van der Waals surface area contributed by atoms with Crippen molar-refractivity contribution in [3.63, 3.8) is 0 Å². The zero-order valence-electron chi connectivity index (χ0n) is 14.4. The van der Waals surface area contributed by atoms with E-state index in [1.807, 2.05) is 38.1 Å². The van der Waals surface area contributed by atoms with Gasteiger partial charge in [0, 0.05) is 11.1 Å². The van der Waals surface area contributed by atoms with E-state index in [0.29, 0.717) is 5.70 Å². The molecule has 6 N–H and O–H groups in total. The Kier molecular flexibility index (Phi) is 6.22. The molecule has 0 amide bonds. The predicted molar refractivity (Wildman–Crippen MR) is 99.5 cm³/mol. The lowest BCUT2D eigenvalue weighted by atomic mass is 10.0. The first kappa shape index (κ1) is 20.2. The summed E-state index contributed by atoms with van der Waals surface area (Å²) in [4.78, 5) is 0.946. The van der Waals surface area contributed by atoms with Gasteiger partial charge in [0.2, 0.25) is 0 Å². The van der Waals surface area contributed by atoms with Crippen molar-refractivity contribution in [1.82, 2.24) is 10.1 Å². The highest BCUT2D eigenvalue weighted by Crippen LogP contribution is 2.31. The fourth-order valence-corrected chi connectivity index (χ4v) is 3.00. The third kappa shape index (κ3) is 4.94. The number of alkyl halides is 3. The number of halogens is 3. The van der Waals surface area contributed by atoms with Crippen LogP contribution < -0.4 is 21.7 Å². The Morgan fingerprint density at radius 2 is 1.46 bits per heavy atom. The number of hydrogen-bond donors (Lipinski definition) is 4. The number of nitrogens with one attached hydrogen (secondary N) is 2. The molecule has 2 aromatic rings. The van der Waals surface area contributed by atoms with E-state index in [1.54, 1.807) is 0 Å². The maximum Gasteiger partial charge on any atom is 0.416 e. The summed E-state index contributed by atoms with van der Waals surface area (Å²) in [5.41, 5.74) is 9.17. The molecular weight excluding hydrogens is 361 g/mol. The van der Waals surface area contributed by atoms with Gasteiger partial charge in [0.05, 0.1) is 16.8 Å². The van der Waals surface area contributed by atoms with Crippen LogP contribution in [0.5, 0.6) is 0 Å². The van der Waals surface area contributed by atoms with Crippen molar-refractivity contribution < 1.29 is 13.2 Å².